The van der Waals surface area contributed by atoms with E-state index in [1.54, 1.807) is 23.2 Å². The van der Waals surface area contributed by atoms with E-state index in [1.165, 1.54) is 6.42 Å². The summed E-state index contributed by atoms with van der Waals surface area (Å²) in [4.78, 5) is 26.4. The van der Waals surface area contributed by atoms with Crippen LogP contribution in [-0.2, 0) is 18.9 Å². The Morgan fingerprint density at radius 2 is 1.70 bits per heavy atom. The maximum Gasteiger partial charge on any atom is 0.328 e. The van der Waals surface area contributed by atoms with Gasteiger partial charge in [0.15, 0.2) is 0 Å². The second-order valence-corrected chi connectivity index (χ2v) is 6.21. The van der Waals surface area contributed by atoms with Crippen molar-refractivity contribution < 1.29 is 4.79 Å². The van der Waals surface area contributed by atoms with E-state index >= 15 is 0 Å². The Morgan fingerprint density at radius 1 is 1.09 bits per heavy atom. The van der Waals surface area contributed by atoms with Crippen LogP contribution in [0.25, 0.3) is 11.0 Å². The van der Waals surface area contributed by atoms with Crippen LogP contribution in [0.2, 0.25) is 0 Å². The summed E-state index contributed by atoms with van der Waals surface area (Å²) in [6.07, 6.45) is 4.00. The van der Waals surface area contributed by atoms with E-state index in [9.17, 15) is 9.59 Å². The van der Waals surface area contributed by atoms with Gasteiger partial charge in [-0.25, -0.2) is 4.79 Å². The van der Waals surface area contributed by atoms with Crippen LogP contribution in [0.1, 0.15) is 32.6 Å². The molecule has 1 aromatic carbocycles. The van der Waals surface area contributed by atoms with Crippen LogP contribution in [-0.4, -0.2) is 28.1 Å². The Labute approximate surface area is 135 Å². The number of benzene rings is 1. The zero-order chi connectivity index (χ0) is 16.6. The molecule has 0 bridgehead atoms. The SMILES string of the molecule is CCC(=O)Nc1cc2c(cc1N1CCCCC1)n(C)c(=O)n2C. The molecule has 0 atom stereocenters. The smallest absolute Gasteiger partial charge is 0.328 e. The highest BCUT2D eigenvalue weighted by Gasteiger charge is 2.19. The summed E-state index contributed by atoms with van der Waals surface area (Å²) >= 11 is 0. The monoisotopic (exact) mass is 316 g/mol. The summed E-state index contributed by atoms with van der Waals surface area (Å²) in [5, 5.41) is 3.00. The first-order chi connectivity index (χ1) is 11.0. The molecule has 0 unspecified atom stereocenters. The molecular formula is C17H24N4O2. The second kappa shape index (κ2) is 6.10. The number of carbonyl (C=O) groups is 1. The van der Waals surface area contributed by atoms with Crippen LogP contribution in [0.15, 0.2) is 16.9 Å². The van der Waals surface area contributed by atoms with Crippen LogP contribution in [0.3, 0.4) is 0 Å². The lowest BCUT2D eigenvalue weighted by atomic mass is 10.1. The van der Waals surface area contributed by atoms with Crippen LogP contribution < -0.4 is 15.9 Å². The maximum atomic E-state index is 12.2. The Hall–Kier alpha value is -2.24. The summed E-state index contributed by atoms with van der Waals surface area (Å²) in [5.74, 6) is -0.0106. The molecule has 1 amide bonds. The molecule has 2 aromatic rings. The number of aryl methyl sites for hydroxylation is 2. The molecule has 1 aromatic heterocycles. The van der Waals surface area contributed by atoms with Crippen LogP contribution in [0.4, 0.5) is 11.4 Å². The van der Waals surface area contributed by atoms with E-state index in [0.717, 1.165) is 48.3 Å². The number of carbonyl (C=O) groups excluding carboxylic acids is 1. The molecule has 0 spiro atoms. The van der Waals surface area contributed by atoms with Gasteiger partial charge in [0.25, 0.3) is 0 Å². The highest BCUT2D eigenvalue weighted by atomic mass is 16.2. The molecule has 1 aliphatic heterocycles. The number of imidazole rings is 1. The number of nitrogens with one attached hydrogen (secondary N) is 1. The summed E-state index contributed by atoms with van der Waals surface area (Å²) in [5.41, 5.74) is 3.49. The minimum atomic E-state index is -0.0523. The van der Waals surface area contributed by atoms with Crippen LogP contribution >= 0.6 is 0 Å². The van der Waals surface area contributed by atoms with Crippen molar-refractivity contribution in [2.24, 2.45) is 14.1 Å². The van der Waals surface area contributed by atoms with Gasteiger partial charge in [-0.1, -0.05) is 6.92 Å². The fraction of sp³-hybridized carbons (Fsp3) is 0.529. The third-order valence-electron chi connectivity index (χ3n) is 4.68. The molecule has 0 radical (unpaired) electrons. The van der Waals surface area contributed by atoms with E-state index in [4.69, 9.17) is 0 Å². The zero-order valence-electron chi connectivity index (χ0n) is 14.1. The highest BCUT2D eigenvalue weighted by Crippen LogP contribution is 2.32. The fourth-order valence-corrected chi connectivity index (χ4v) is 3.27. The van der Waals surface area contributed by atoms with Gasteiger partial charge in [0.05, 0.1) is 22.4 Å². The van der Waals surface area contributed by atoms with Gasteiger partial charge in [-0.2, -0.15) is 0 Å². The number of aromatic nitrogens is 2. The quantitative estimate of drug-likeness (QED) is 0.944. The predicted molar refractivity (Wildman–Crippen MR) is 93.1 cm³/mol. The average molecular weight is 316 g/mol. The molecule has 1 saturated heterocycles. The number of hydrogen-bond donors (Lipinski definition) is 1. The van der Waals surface area contributed by atoms with Gasteiger partial charge in [-0.3, -0.25) is 13.9 Å². The molecule has 1 N–H and O–H groups in total. The van der Waals surface area contributed by atoms with Gasteiger partial charge in [0.2, 0.25) is 5.91 Å². The minimum Gasteiger partial charge on any atom is -0.370 e. The molecule has 0 aliphatic carbocycles. The number of anilines is 2. The number of piperidine rings is 1. The summed E-state index contributed by atoms with van der Waals surface area (Å²) in [7, 11) is 3.55. The molecule has 2 heterocycles. The van der Waals surface area contributed by atoms with Crippen molar-refractivity contribution in [3.63, 3.8) is 0 Å². The van der Waals surface area contributed by atoms with Gasteiger partial charge in [0.1, 0.15) is 0 Å². The Morgan fingerprint density at radius 3 is 2.30 bits per heavy atom. The topological polar surface area (TPSA) is 59.3 Å². The molecule has 1 fully saturated rings. The number of hydrogen-bond acceptors (Lipinski definition) is 3. The first-order valence-electron chi connectivity index (χ1n) is 8.27. The first kappa shape index (κ1) is 15.6. The molecule has 124 valence electrons. The Balaban J connectivity index is 2.17. The summed E-state index contributed by atoms with van der Waals surface area (Å²) in [6.45, 7) is 3.81. The Bertz CT molecular complexity index is 797. The minimum absolute atomic E-state index is 0.0106. The van der Waals surface area contributed by atoms with Crippen molar-refractivity contribution in [3.8, 4) is 0 Å². The molecule has 0 saturated carbocycles. The van der Waals surface area contributed by atoms with Crippen molar-refractivity contribution in [1.82, 2.24) is 9.13 Å². The van der Waals surface area contributed by atoms with Crippen LogP contribution in [0.5, 0.6) is 0 Å². The van der Waals surface area contributed by atoms with Gasteiger partial charge in [-0.05, 0) is 31.4 Å². The van der Waals surface area contributed by atoms with E-state index in [0.29, 0.717) is 6.42 Å². The van der Waals surface area contributed by atoms with Gasteiger partial charge in [0, 0.05) is 33.6 Å². The fourth-order valence-electron chi connectivity index (χ4n) is 3.27. The summed E-state index contributed by atoms with van der Waals surface area (Å²) in [6, 6.07) is 3.96. The first-order valence-corrected chi connectivity index (χ1v) is 8.27. The van der Waals surface area contributed by atoms with Crippen molar-refractivity contribution in [2.45, 2.75) is 32.6 Å². The number of fused-ring (bicyclic) bond motifs is 1. The van der Waals surface area contributed by atoms with E-state index in [-0.39, 0.29) is 11.6 Å². The third kappa shape index (κ3) is 2.73. The van der Waals surface area contributed by atoms with Crippen molar-refractivity contribution in [3.05, 3.63) is 22.6 Å². The van der Waals surface area contributed by atoms with Gasteiger partial charge in [-0.15, -0.1) is 0 Å². The van der Waals surface area contributed by atoms with Gasteiger partial charge < -0.3 is 10.2 Å². The maximum absolute atomic E-state index is 12.2. The van der Waals surface area contributed by atoms with E-state index in [1.807, 2.05) is 19.1 Å². The summed E-state index contributed by atoms with van der Waals surface area (Å²) < 4.78 is 3.28. The number of amides is 1. The molecule has 3 rings (SSSR count). The number of rotatable bonds is 3. The van der Waals surface area contributed by atoms with Gasteiger partial charge >= 0.3 is 5.69 Å². The lowest BCUT2D eigenvalue weighted by Gasteiger charge is -2.30. The zero-order valence-corrected chi connectivity index (χ0v) is 14.1. The normalized spacial score (nSPS) is 15.2. The lowest BCUT2D eigenvalue weighted by Crippen LogP contribution is -2.30. The average Bonchev–Trinajstić information content (AvgIpc) is 2.79. The molecule has 6 heteroatoms. The number of nitrogens with zero attached hydrogens (tertiary/aromatic N) is 3. The highest BCUT2D eigenvalue weighted by molar-refractivity contribution is 5.98. The van der Waals surface area contributed by atoms with Crippen molar-refractivity contribution in [1.29, 1.82) is 0 Å². The second-order valence-electron chi connectivity index (χ2n) is 6.21. The predicted octanol–water partition coefficient (Wildman–Crippen LogP) is 2.22. The van der Waals surface area contributed by atoms with E-state index < -0.39 is 0 Å². The lowest BCUT2D eigenvalue weighted by molar-refractivity contribution is -0.115. The largest absolute Gasteiger partial charge is 0.370 e. The third-order valence-corrected chi connectivity index (χ3v) is 4.68. The standard InChI is InChI=1S/C17H24N4O2/c1-4-16(22)18-12-10-14-15(20(3)17(23)19(14)2)11-13(12)21-8-6-5-7-9-21/h10-11H,4-9H2,1-3H3,(H,18,22). The van der Waals surface area contributed by atoms with E-state index in [2.05, 4.69) is 10.2 Å². The molecule has 23 heavy (non-hydrogen) atoms. The molecule has 6 nitrogen and oxygen atoms in total. The Kier molecular flexibility index (Phi) is 4.15. The van der Waals surface area contributed by atoms with Crippen molar-refractivity contribution in [2.75, 3.05) is 23.3 Å². The molecule has 1 aliphatic rings. The van der Waals surface area contributed by atoms with Crippen molar-refractivity contribution >= 4 is 28.3 Å². The molecular weight excluding hydrogens is 292 g/mol. The van der Waals surface area contributed by atoms with Crippen LogP contribution in [0, 0.1) is 0 Å².